The summed E-state index contributed by atoms with van der Waals surface area (Å²) >= 11 is 0. The molecule has 0 unspecified atom stereocenters. The highest BCUT2D eigenvalue weighted by atomic mass is 19.1. The number of aromatic nitrogens is 2. The van der Waals surface area contributed by atoms with Crippen LogP contribution in [0.4, 0.5) is 13.2 Å². The Morgan fingerprint density at radius 2 is 1.50 bits per heavy atom. The predicted octanol–water partition coefficient (Wildman–Crippen LogP) is 4.06. The minimum Gasteiger partial charge on any atom is -0.268 e. The number of halogens is 3. The maximum Gasteiger partial charge on any atom is 0.218 e. The summed E-state index contributed by atoms with van der Waals surface area (Å²) in [5.74, 6) is -1.43. The zero-order valence-electron chi connectivity index (χ0n) is 10.1. The van der Waals surface area contributed by atoms with Crippen molar-refractivity contribution in [2.75, 3.05) is 0 Å². The van der Waals surface area contributed by atoms with Gasteiger partial charge >= 0.3 is 0 Å². The molecule has 2 nitrogen and oxygen atoms in total. The van der Waals surface area contributed by atoms with Crippen molar-refractivity contribution < 1.29 is 13.2 Å². The summed E-state index contributed by atoms with van der Waals surface area (Å²) in [6.07, 6.45) is 1.10. The third-order valence-electron chi connectivity index (χ3n) is 3.43. The molecule has 0 aliphatic heterocycles. The van der Waals surface area contributed by atoms with E-state index in [1.165, 1.54) is 40.8 Å². The molecule has 0 fully saturated rings. The first-order valence-electron chi connectivity index (χ1n) is 5.98. The molecule has 98 valence electrons. The van der Waals surface area contributed by atoms with E-state index in [2.05, 4.69) is 4.98 Å². The fourth-order valence-electron chi connectivity index (χ4n) is 2.60. The lowest BCUT2D eigenvalue weighted by atomic mass is 10.1. The molecule has 0 saturated heterocycles. The first-order valence-corrected chi connectivity index (χ1v) is 5.98. The molecule has 0 bridgehead atoms. The molecule has 2 heterocycles. The van der Waals surface area contributed by atoms with Crippen LogP contribution in [0.2, 0.25) is 0 Å². The summed E-state index contributed by atoms with van der Waals surface area (Å²) in [7, 11) is 0. The molecule has 4 rings (SSSR count). The smallest absolute Gasteiger partial charge is 0.218 e. The second-order valence-corrected chi connectivity index (χ2v) is 4.59. The molecule has 2 aromatic heterocycles. The molecular formula is C15H7F3N2. The number of pyridine rings is 1. The molecule has 2 aromatic carbocycles. The Labute approximate surface area is 111 Å². The van der Waals surface area contributed by atoms with Gasteiger partial charge in [-0.2, -0.15) is 4.39 Å². The third-order valence-corrected chi connectivity index (χ3v) is 3.43. The van der Waals surface area contributed by atoms with E-state index in [-0.39, 0.29) is 0 Å². The van der Waals surface area contributed by atoms with Crippen LogP contribution in [0, 0.1) is 17.6 Å². The molecule has 0 radical (unpaired) electrons. The van der Waals surface area contributed by atoms with Crippen LogP contribution >= 0.6 is 0 Å². The number of benzene rings is 2. The van der Waals surface area contributed by atoms with Crippen LogP contribution in [0.15, 0.2) is 42.6 Å². The molecule has 20 heavy (non-hydrogen) atoms. The van der Waals surface area contributed by atoms with E-state index in [0.717, 1.165) is 6.20 Å². The highest BCUT2D eigenvalue weighted by Gasteiger charge is 2.13. The van der Waals surface area contributed by atoms with Crippen molar-refractivity contribution in [3.05, 3.63) is 60.2 Å². The van der Waals surface area contributed by atoms with Crippen LogP contribution in [0.1, 0.15) is 0 Å². The molecule has 0 atom stereocenters. The second-order valence-electron chi connectivity index (χ2n) is 4.59. The van der Waals surface area contributed by atoms with Gasteiger partial charge in [0.1, 0.15) is 17.3 Å². The molecule has 0 saturated carbocycles. The highest BCUT2D eigenvalue weighted by Crippen LogP contribution is 2.30. The van der Waals surface area contributed by atoms with Gasteiger partial charge in [-0.05, 0) is 41.8 Å². The lowest BCUT2D eigenvalue weighted by molar-refractivity contribution is 0.578. The van der Waals surface area contributed by atoms with Gasteiger partial charge in [-0.1, -0.05) is 0 Å². The Morgan fingerprint density at radius 1 is 0.800 bits per heavy atom. The van der Waals surface area contributed by atoms with Crippen molar-refractivity contribution in [3.63, 3.8) is 0 Å². The molecule has 4 aromatic rings. The average Bonchev–Trinajstić information content (AvgIpc) is 2.81. The normalized spacial score (nSPS) is 11.8. The minimum absolute atomic E-state index is 0.386. The van der Waals surface area contributed by atoms with Gasteiger partial charge in [0, 0.05) is 10.8 Å². The van der Waals surface area contributed by atoms with Gasteiger partial charge in [0.25, 0.3) is 0 Å². The Balaban J connectivity index is 2.42. The Morgan fingerprint density at radius 3 is 2.30 bits per heavy atom. The van der Waals surface area contributed by atoms with E-state index in [1.54, 1.807) is 0 Å². The fraction of sp³-hybridized carbons (Fsp3) is 0. The number of hydrogen-bond acceptors (Lipinski definition) is 1. The SMILES string of the molecule is Fc1ccc2c(c1)c1cc(F)ccc1n1c(F)cnc21. The Kier molecular flexibility index (Phi) is 2.10. The number of imidazole rings is 1. The average molecular weight is 272 g/mol. The topological polar surface area (TPSA) is 17.3 Å². The van der Waals surface area contributed by atoms with Crippen LogP contribution in [0.25, 0.3) is 27.3 Å². The first-order chi connectivity index (χ1) is 9.65. The van der Waals surface area contributed by atoms with Crippen LogP contribution in [-0.2, 0) is 0 Å². The lowest BCUT2D eigenvalue weighted by Crippen LogP contribution is -1.94. The fourth-order valence-corrected chi connectivity index (χ4v) is 2.60. The van der Waals surface area contributed by atoms with Crippen LogP contribution in [-0.4, -0.2) is 9.38 Å². The van der Waals surface area contributed by atoms with Crippen molar-refractivity contribution >= 4 is 27.3 Å². The molecule has 0 aliphatic rings. The molecule has 0 N–H and O–H groups in total. The summed E-state index contributed by atoms with van der Waals surface area (Å²) in [6.45, 7) is 0. The third kappa shape index (κ3) is 1.37. The van der Waals surface area contributed by atoms with E-state index < -0.39 is 17.6 Å². The molecule has 5 heteroatoms. The van der Waals surface area contributed by atoms with Crippen molar-refractivity contribution in [1.29, 1.82) is 0 Å². The van der Waals surface area contributed by atoms with Gasteiger partial charge in [-0.25, -0.2) is 13.8 Å². The van der Waals surface area contributed by atoms with Crippen molar-refractivity contribution in [2.45, 2.75) is 0 Å². The Bertz CT molecular complexity index is 989. The van der Waals surface area contributed by atoms with Crippen LogP contribution in [0.5, 0.6) is 0 Å². The zero-order chi connectivity index (χ0) is 13.9. The van der Waals surface area contributed by atoms with E-state index in [4.69, 9.17) is 0 Å². The summed E-state index contributed by atoms with van der Waals surface area (Å²) in [4.78, 5) is 4.02. The van der Waals surface area contributed by atoms with Crippen molar-refractivity contribution in [3.8, 4) is 0 Å². The summed E-state index contributed by atoms with van der Waals surface area (Å²) in [5, 5.41) is 1.54. The molecule has 0 aliphatic carbocycles. The van der Waals surface area contributed by atoms with E-state index in [9.17, 15) is 13.2 Å². The van der Waals surface area contributed by atoms with Gasteiger partial charge < -0.3 is 0 Å². The van der Waals surface area contributed by atoms with Gasteiger partial charge in [-0.15, -0.1) is 0 Å². The summed E-state index contributed by atoms with van der Waals surface area (Å²) in [5.41, 5.74) is 0.839. The molecule has 0 spiro atoms. The number of nitrogens with zero attached hydrogens (tertiary/aromatic N) is 2. The standard InChI is InChI=1S/C15H7F3N2/c16-8-1-3-10-11(5-8)12-6-9(17)2-4-13(12)20-14(18)7-19-15(10)20/h1-7H. The molecule has 0 amide bonds. The number of rotatable bonds is 0. The molecular weight excluding hydrogens is 265 g/mol. The van der Waals surface area contributed by atoms with Crippen LogP contribution < -0.4 is 0 Å². The second kappa shape index (κ2) is 3.72. The van der Waals surface area contributed by atoms with Gasteiger partial charge in [0.15, 0.2) is 0 Å². The van der Waals surface area contributed by atoms with Gasteiger partial charge in [0.2, 0.25) is 5.95 Å². The predicted molar refractivity (Wildman–Crippen MR) is 70.1 cm³/mol. The summed E-state index contributed by atoms with van der Waals surface area (Å²) in [6, 6.07) is 8.09. The lowest BCUT2D eigenvalue weighted by Gasteiger charge is -2.08. The minimum atomic E-state index is -0.539. The monoisotopic (exact) mass is 272 g/mol. The van der Waals surface area contributed by atoms with Gasteiger partial charge in [-0.3, -0.25) is 4.40 Å². The van der Waals surface area contributed by atoms with E-state index in [1.807, 2.05) is 0 Å². The maximum atomic E-state index is 13.9. The first kappa shape index (κ1) is 11.3. The number of hydrogen-bond donors (Lipinski definition) is 0. The number of fused-ring (bicyclic) bond motifs is 6. The van der Waals surface area contributed by atoms with E-state index >= 15 is 0 Å². The largest absolute Gasteiger partial charge is 0.268 e. The maximum absolute atomic E-state index is 13.9. The van der Waals surface area contributed by atoms with Crippen LogP contribution in [0.3, 0.4) is 0 Å². The quantitative estimate of drug-likeness (QED) is 0.441. The Hall–Kier alpha value is -2.56. The zero-order valence-corrected chi connectivity index (χ0v) is 10.1. The van der Waals surface area contributed by atoms with Gasteiger partial charge in [0.05, 0.1) is 11.7 Å². The summed E-state index contributed by atoms with van der Waals surface area (Å²) < 4.78 is 42.2. The highest BCUT2D eigenvalue weighted by molar-refractivity contribution is 6.11. The van der Waals surface area contributed by atoms with Crippen molar-refractivity contribution in [1.82, 2.24) is 9.38 Å². The van der Waals surface area contributed by atoms with Crippen molar-refractivity contribution in [2.24, 2.45) is 0 Å². The van der Waals surface area contributed by atoms with E-state index in [0.29, 0.717) is 27.3 Å².